The first-order valence-electron chi connectivity index (χ1n) is 9.24. The second kappa shape index (κ2) is 4.83. The van der Waals surface area contributed by atoms with E-state index in [4.69, 9.17) is 0 Å². The fourth-order valence-electron chi connectivity index (χ4n) is 5.38. The van der Waals surface area contributed by atoms with Crippen LogP contribution in [0.3, 0.4) is 0 Å². The second-order valence-corrected chi connectivity index (χ2v) is 7.49. The summed E-state index contributed by atoms with van der Waals surface area (Å²) in [5.41, 5.74) is 5.98. The third-order valence-corrected chi connectivity index (χ3v) is 6.24. The highest BCUT2D eigenvalue weighted by atomic mass is 19.3. The van der Waals surface area contributed by atoms with Gasteiger partial charge in [-0.2, -0.15) is 0 Å². The molecule has 0 amide bonds. The van der Waals surface area contributed by atoms with Gasteiger partial charge in [0, 0.05) is 12.0 Å². The molecule has 0 nitrogen and oxygen atoms in total. The zero-order chi connectivity index (χ0) is 18.2. The van der Waals surface area contributed by atoms with Crippen LogP contribution in [-0.4, -0.2) is 5.92 Å². The molecule has 0 atom stereocenters. The number of allylic oxidation sites excluding steroid dienone is 4. The molecule has 0 saturated carbocycles. The monoisotopic (exact) mass is 354 g/mol. The minimum atomic E-state index is -2.88. The third kappa shape index (κ3) is 1.63. The van der Waals surface area contributed by atoms with Gasteiger partial charge in [-0.05, 0) is 39.0 Å². The van der Waals surface area contributed by atoms with Gasteiger partial charge in [-0.1, -0.05) is 84.9 Å². The van der Waals surface area contributed by atoms with Crippen LogP contribution in [0.1, 0.15) is 28.7 Å². The fourth-order valence-corrected chi connectivity index (χ4v) is 5.38. The van der Waals surface area contributed by atoms with Gasteiger partial charge in [0.25, 0.3) is 5.92 Å². The van der Waals surface area contributed by atoms with Crippen LogP contribution in [0, 0.1) is 0 Å². The maximum atomic E-state index is 15.5. The zero-order valence-corrected chi connectivity index (χ0v) is 14.5. The van der Waals surface area contributed by atoms with Crippen molar-refractivity contribution in [3.63, 3.8) is 0 Å². The first-order chi connectivity index (χ1) is 13.2. The number of benzene rings is 3. The Balaban J connectivity index is 1.86. The smallest absolute Gasteiger partial charge is 0.201 e. The Morgan fingerprint density at radius 1 is 0.630 bits per heavy atom. The van der Waals surface area contributed by atoms with Crippen LogP contribution in [0.5, 0.6) is 0 Å². The van der Waals surface area contributed by atoms with Gasteiger partial charge in [0.05, 0.1) is 5.41 Å². The predicted molar refractivity (Wildman–Crippen MR) is 104 cm³/mol. The Bertz CT molecular complexity index is 1130. The Hall–Kier alpha value is -3.00. The Labute approximate surface area is 156 Å². The fraction of sp³-hybridized carbons (Fsp3) is 0.120. The van der Waals surface area contributed by atoms with E-state index in [9.17, 15) is 0 Å². The molecule has 0 heterocycles. The number of rotatable bonds is 0. The molecule has 0 aromatic heterocycles. The van der Waals surface area contributed by atoms with Crippen LogP contribution < -0.4 is 0 Å². The lowest BCUT2D eigenvalue weighted by atomic mass is 9.67. The minimum absolute atomic E-state index is 0.244. The van der Waals surface area contributed by atoms with Gasteiger partial charge < -0.3 is 0 Å². The average Bonchev–Trinajstić information content (AvgIpc) is 3.16. The van der Waals surface area contributed by atoms with E-state index in [1.807, 2.05) is 66.7 Å². The molecule has 27 heavy (non-hydrogen) atoms. The quantitative estimate of drug-likeness (QED) is 0.440. The minimum Gasteiger partial charge on any atom is -0.201 e. The molecule has 0 radical (unpaired) electrons. The van der Waals surface area contributed by atoms with Crippen LogP contribution in [-0.2, 0) is 5.41 Å². The van der Waals surface area contributed by atoms with Gasteiger partial charge in [0.15, 0.2) is 0 Å². The molecular weight excluding hydrogens is 338 g/mol. The highest BCUT2D eigenvalue weighted by Crippen LogP contribution is 2.65. The van der Waals surface area contributed by atoms with E-state index in [2.05, 4.69) is 12.1 Å². The number of alkyl halides is 2. The van der Waals surface area contributed by atoms with Crippen molar-refractivity contribution in [3.8, 4) is 11.1 Å². The molecule has 0 unspecified atom stereocenters. The molecular formula is C25H16F2. The summed E-state index contributed by atoms with van der Waals surface area (Å²) in [4.78, 5) is 0. The van der Waals surface area contributed by atoms with Crippen LogP contribution in [0.4, 0.5) is 8.78 Å². The molecule has 0 aliphatic heterocycles. The first kappa shape index (κ1) is 15.1. The Kier molecular flexibility index (Phi) is 2.70. The molecule has 3 aromatic carbocycles. The van der Waals surface area contributed by atoms with E-state index in [1.54, 1.807) is 6.08 Å². The van der Waals surface area contributed by atoms with Crippen molar-refractivity contribution in [1.29, 1.82) is 0 Å². The molecule has 3 aliphatic rings. The van der Waals surface area contributed by atoms with Crippen molar-refractivity contribution in [3.05, 3.63) is 113 Å². The van der Waals surface area contributed by atoms with Gasteiger partial charge >= 0.3 is 0 Å². The normalized spacial score (nSPS) is 19.6. The van der Waals surface area contributed by atoms with E-state index in [-0.39, 0.29) is 12.0 Å². The molecule has 0 N–H and O–H groups in total. The summed E-state index contributed by atoms with van der Waals surface area (Å²) in [5, 5.41) is 0. The summed E-state index contributed by atoms with van der Waals surface area (Å²) in [5.74, 6) is -2.88. The summed E-state index contributed by atoms with van der Waals surface area (Å²) >= 11 is 0. The van der Waals surface area contributed by atoms with Crippen LogP contribution >= 0.6 is 0 Å². The Morgan fingerprint density at radius 2 is 1.11 bits per heavy atom. The van der Waals surface area contributed by atoms with Crippen molar-refractivity contribution in [2.24, 2.45) is 0 Å². The topological polar surface area (TPSA) is 0 Å². The predicted octanol–water partition coefficient (Wildman–Crippen LogP) is 6.36. The average molecular weight is 354 g/mol. The number of fused-ring (bicyclic) bond motifs is 9. The van der Waals surface area contributed by atoms with Crippen molar-refractivity contribution in [2.75, 3.05) is 0 Å². The van der Waals surface area contributed by atoms with Crippen LogP contribution in [0.2, 0.25) is 0 Å². The molecule has 130 valence electrons. The molecule has 6 rings (SSSR count). The number of hydrogen-bond donors (Lipinski definition) is 0. The second-order valence-electron chi connectivity index (χ2n) is 7.49. The Morgan fingerprint density at radius 3 is 1.70 bits per heavy atom. The van der Waals surface area contributed by atoms with Crippen molar-refractivity contribution >= 4 is 5.57 Å². The lowest BCUT2D eigenvalue weighted by Crippen LogP contribution is -2.37. The maximum absolute atomic E-state index is 15.5. The molecule has 0 bridgehead atoms. The highest BCUT2D eigenvalue weighted by molar-refractivity contribution is 5.97. The van der Waals surface area contributed by atoms with Gasteiger partial charge in [-0.15, -0.1) is 0 Å². The molecule has 2 heteroatoms. The van der Waals surface area contributed by atoms with Crippen LogP contribution in [0.15, 0.2) is 90.5 Å². The maximum Gasteiger partial charge on any atom is 0.275 e. The van der Waals surface area contributed by atoms with Gasteiger partial charge in [-0.3, -0.25) is 0 Å². The van der Waals surface area contributed by atoms with Crippen LogP contribution in [0.25, 0.3) is 16.7 Å². The van der Waals surface area contributed by atoms with E-state index in [0.29, 0.717) is 5.57 Å². The molecule has 0 saturated heterocycles. The highest BCUT2D eigenvalue weighted by Gasteiger charge is 2.59. The third-order valence-electron chi connectivity index (χ3n) is 6.24. The standard InChI is InChI=1S/C25H16F2/c26-24(27)15-7-11-19-18-10-3-6-14-22(18)25(23(19)24)20-12-4-1-8-16(20)17-9-2-5-13-21(17)25/h1-14H,15H2. The molecule has 3 aliphatic carbocycles. The summed E-state index contributed by atoms with van der Waals surface area (Å²) in [6, 6.07) is 24.0. The van der Waals surface area contributed by atoms with E-state index < -0.39 is 11.3 Å². The summed E-state index contributed by atoms with van der Waals surface area (Å²) in [7, 11) is 0. The van der Waals surface area contributed by atoms with Crippen molar-refractivity contribution in [1.82, 2.24) is 0 Å². The lowest BCUT2D eigenvalue weighted by Gasteiger charge is -2.36. The molecule has 1 spiro atoms. The number of hydrogen-bond acceptors (Lipinski definition) is 0. The van der Waals surface area contributed by atoms with Gasteiger partial charge in [0.1, 0.15) is 0 Å². The van der Waals surface area contributed by atoms with Gasteiger partial charge in [-0.25, -0.2) is 8.78 Å². The summed E-state index contributed by atoms with van der Waals surface area (Å²) in [6.07, 6.45) is 3.26. The van der Waals surface area contributed by atoms with E-state index >= 15 is 8.78 Å². The van der Waals surface area contributed by atoms with E-state index in [0.717, 1.165) is 33.4 Å². The number of halogens is 2. The zero-order valence-electron chi connectivity index (χ0n) is 14.5. The SMILES string of the molecule is FC1(F)CC=CC2=C1C1(c3ccccc32)c2ccccc2-c2ccccc21. The molecule has 0 fully saturated rings. The van der Waals surface area contributed by atoms with Crippen molar-refractivity contribution in [2.45, 2.75) is 17.8 Å². The van der Waals surface area contributed by atoms with E-state index in [1.165, 1.54) is 0 Å². The largest absolute Gasteiger partial charge is 0.275 e. The van der Waals surface area contributed by atoms with Gasteiger partial charge in [0.2, 0.25) is 0 Å². The summed E-state index contributed by atoms with van der Waals surface area (Å²) in [6.45, 7) is 0. The lowest BCUT2D eigenvalue weighted by molar-refractivity contribution is 0.0364. The van der Waals surface area contributed by atoms with Crippen molar-refractivity contribution < 1.29 is 8.78 Å². The molecule has 3 aromatic rings. The first-order valence-corrected chi connectivity index (χ1v) is 9.24. The summed E-state index contributed by atoms with van der Waals surface area (Å²) < 4.78 is 31.0.